The number of ether oxygens (including phenoxy) is 8. The van der Waals surface area contributed by atoms with Crippen LogP contribution in [-0.2, 0) is 47.5 Å². The van der Waals surface area contributed by atoms with Crippen molar-refractivity contribution in [3.8, 4) is 0 Å². The van der Waals surface area contributed by atoms with Crippen molar-refractivity contribution in [2.45, 2.75) is 96.9 Å². The number of fused-ring (bicyclic) bond motifs is 2. The number of nitrogens with two attached hydrogens (primary N) is 1. The van der Waals surface area contributed by atoms with Gasteiger partial charge in [-0.05, 0) is 31.2 Å². The molecule has 0 saturated carbocycles. The van der Waals surface area contributed by atoms with E-state index in [9.17, 15) is 19.2 Å². The summed E-state index contributed by atoms with van der Waals surface area (Å²) in [6.45, 7) is 7.23. The first-order valence-corrected chi connectivity index (χ1v) is 22.4. The fraction of sp³-hybridized carbons (Fsp3) is 0.889. The Labute approximate surface area is 359 Å². The summed E-state index contributed by atoms with van der Waals surface area (Å²) < 4.78 is 44.0. The van der Waals surface area contributed by atoms with E-state index < -0.39 is 11.9 Å². The van der Waals surface area contributed by atoms with E-state index >= 15 is 0 Å². The molecule has 8 atom stereocenters. The van der Waals surface area contributed by atoms with Gasteiger partial charge in [-0.3, -0.25) is 9.59 Å². The van der Waals surface area contributed by atoms with E-state index in [1.54, 1.807) is 23.5 Å². The number of rotatable bonds is 35. The number of carbonyl (C=O) groups excluding carboxylic acids is 2. The number of aliphatic carboxylic acids is 2. The minimum absolute atomic E-state index is 0.00410. The van der Waals surface area contributed by atoms with Crippen LogP contribution in [0.15, 0.2) is 5.11 Å². The van der Waals surface area contributed by atoms with Gasteiger partial charge in [-0.25, -0.2) is 9.59 Å². The standard InChI is InChI=1S/C18H31N5O7S.C18H33N3O7S/c19-23-20-5-6-27-7-8-28-9-10-29-11-12-30-17-16-15(21-18(26)22-16)13(31-17)3-1-2-4-14(24)25;19-5-6-25-7-8-26-9-10-27-11-12-28-17-16-15(20-18(24)21-16)13(29-17)3-1-2-4-14(22)23/h13,15-17H,1-12H2,(H,24,25)(H2,21,22,26);13,15-17H,1-12,19H2,(H,22,23)(H2,20,21,24)/t2*13-,15+,16+,17+/m00/s1. The van der Waals surface area contributed by atoms with Crippen LogP contribution in [0.25, 0.3) is 10.4 Å². The lowest BCUT2D eigenvalue weighted by Crippen LogP contribution is -2.40. The second-order valence-electron chi connectivity index (χ2n) is 13.9. The third-order valence-corrected chi connectivity index (χ3v) is 12.5. The van der Waals surface area contributed by atoms with Crippen LogP contribution in [0.5, 0.6) is 0 Å². The van der Waals surface area contributed by atoms with Gasteiger partial charge in [0, 0.05) is 41.3 Å². The van der Waals surface area contributed by atoms with Crippen molar-refractivity contribution in [1.82, 2.24) is 21.3 Å². The molecule has 0 aliphatic carbocycles. The van der Waals surface area contributed by atoms with Crippen molar-refractivity contribution in [3.05, 3.63) is 10.4 Å². The maximum absolute atomic E-state index is 11.7. The van der Waals surface area contributed by atoms with E-state index in [0.717, 1.165) is 25.7 Å². The SMILES string of the molecule is NCCOCCOCCOCCO[C@@H]1S[C@@H](CCCCC(=O)O)[C@H]2NC(=O)N[C@H]21.[N-]=[N+]=NCCOCCOCCOCCO[C@@H]1S[C@@H](CCCCC(=O)O)[C@H]2NC(=O)N[C@H]21. The molecule has 0 aromatic heterocycles. The zero-order valence-electron chi connectivity index (χ0n) is 34.1. The Bertz CT molecular complexity index is 1300. The fourth-order valence-corrected chi connectivity index (χ4v) is 9.91. The van der Waals surface area contributed by atoms with Gasteiger partial charge in [0.05, 0.1) is 117 Å². The number of nitrogens with zero attached hydrogens (tertiary/aromatic N) is 3. The number of thioether (sulfide) groups is 2. The smallest absolute Gasteiger partial charge is 0.315 e. The molecule has 4 aliphatic heterocycles. The molecule has 0 radical (unpaired) electrons. The zero-order chi connectivity index (χ0) is 43.2. The van der Waals surface area contributed by atoms with Crippen LogP contribution >= 0.6 is 23.5 Å². The Morgan fingerprint density at radius 1 is 0.583 bits per heavy atom. The average Bonchev–Trinajstić information content (AvgIpc) is 3.97. The highest BCUT2D eigenvalue weighted by Gasteiger charge is 2.50. The van der Waals surface area contributed by atoms with Crippen LogP contribution in [0.4, 0.5) is 9.59 Å². The summed E-state index contributed by atoms with van der Waals surface area (Å²) in [5.41, 5.74) is 13.2. The molecule has 24 heteroatoms. The molecule has 4 fully saturated rings. The van der Waals surface area contributed by atoms with Crippen LogP contribution in [0.2, 0.25) is 0 Å². The third-order valence-electron chi connectivity index (χ3n) is 9.40. The van der Waals surface area contributed by atoms with Crippen molar-refractivity contribution in [1.29, 1.82) is 0 Å². The molecule has 4 saturated heterocycles. The van der Waals surface area contributed by atoms with Gasteiger partial charge in [0.15, 0.2) is 0 Å². The number of azide groups is 1. The monoisotopic (exact) mass is 896 g/mol. The van der Waals surface area contributed by atoms with Crippen LogP contribution in [0, 0.1) is 0 Å². The summed E-state index contributed by atoms with van der Waals surface area (Å²) in [5, 5.41) is 33.0. The molecule has 4 aliphatic rings. The van der Waals surface area contributed by atoms with Gasteiger partial charge in [0.2, 0.25) is 0 Å². The van der Waals surface area contributed by atoms with Crippen molar-refractivity contribution < 1.29 is 67.3 Å². The van der Waals surface area contributed by atoms with E-state index in [0.29, 0.717) is 118 Å². The maximum Gasteiger partial charge on any atom is 0.315 e. The molecule has 60 heavy (non-hydrogen) atoms. The second-order valence-corrected chi connectivity index (χ2v) is 16.5. The van der Waals surface area contributed by atoms with Gasteiger partial charge in [-0.15, -0.1) is 23.5 Å². The zero-order valence-corrected chi connectivity index (χ0v) is 35.8. The maximum atomic E-state index is 11.7. The fourth-order valence-electron chi connectivity index (χ4n) is 6.64. The van der Waals surface area contributed by atoms with E-state index in [4.69, 9.17) is 59.4 Å². The molecule has 0 unspecified atom stereocenters. The molecule has 0 aromatic carbocycles. The Kier molecular flexibility index (Phi) is 27.4. The molecule has 8 N–H and O–H groups in total. The first kappa shape index (κ1) is 51.5. The van der Waals surface area contributed by atoms with Gasteiger partial charge in [-0.1, -0.05) is 18.0 Å². The van der Waals surface area contributed by atoms with Gasteiger partial charge in [0.25, 0.3) is 0 Å². The highest BCUT2D eigenvalue weighted by Crippen LogP contribution is 2.40. The van der Waals surface area contributed by atoms with E-state index in [-0.39, 0.29) is 70.4 Å². The second kappa shape index (κ2) is 31.9. The highest BCUT2D eigenvalue weighted by atomic mass is 32.2. The minimum atomic E-state index is -0.782. The molecular formula is C36H64N8O14S2. The van der Waals surface area contributed by atoms with Crippen molar-refractivity contribution in [2.75, 3.05) is 106 Å². The Morgan fingerprint density at radius 3 is 1.33 bits per heavy atom. The number of nitrogens with one attached hydrogen (secondary N) is 4. The third kappa shape index (κ3) is 21.3. The van der Waals surface area contributed by atoms with E-state index in [1.165, 1.54) is 0 Å². The van der Waals surface area contributed by atoms with E-state index in [2.05, 4.69) is 31.3 Å². The predicted octanol–water partition coefficient (Wildman–Crippen LogP) is 1.65. The molecule has 0 bridgehead atoms. The molecule has 4 amide bonds. The highest BCUT2D eigenvalue weighted by molar-refractivity contribution is 8.01. The number of carbonyl (C=O) groups is 4. The van der Waals surface area contributed by atoms with Crippen molar-refractivity contribution in [3.63, 3.8) is 0 Å². The number of carboxylic acid groups (broad SMARTS) is 2. The lowest BCUT2D eigenvalue weighted by molar-refractivity contribution is -0.138. The number of carboxylic acids is 2. The van der Waals surface area contributed by atoms with Gasteiger partial charge in [0.1, 0.15) is 10.9 Å². The Hall–Kier alpha value is -2.87. The van der Waals surface area contributed by atoms with Crippen molar-refractivity contribution in [2.24, 2.45) is 10.8 Å². The quantitative estimate of drug-likeness (QED) is 0.0156. The van der Waals surface area contributed by atoms with Crippen LogP contribution in [-0.4, -0.2) is 185 Å². The van der Waals surface area contributed by atoms with Gasteiger partial charge >= 0.3 is 24.0 Å². The minimum Gasteiger partial charge on any atom is -0.481 e. The van der Waals surface area contributed by atoms with E-state index in [1.807, 2.05) is 0 Å². The summed E-state index contributed by atoms with van der Waals surface area (Å²) in [4.78, 5) is 47.3. The number of hydrogen-bond acceptors (Lipinski definition) is 16. The van der Waals surface area contributed by atoms with Crippen LogP contribution in [0.1, 0.15) is 51.4 Å². The van der Waals surface area contributed by atoms with Gasteiger partial charge in [-0.2, -0.15) is 0 Å². The Morgan fingerprint density at radius 2 is 0.950 bits per heavy atom. The first-order chi connectivity index (χ1) is 29.2. The molecule has 4 heterocycles. The molecular weight excluding hydrogens is 833 g/mol. The molecule has 344 valence electrons. The molecule has 4 rings (SSSR count). The summed E-state index contributed by atoms with van der Waals surface area (Å²) in [6, 6.07) is -0.519. The van der Waals surface area contributed by atoms with Gasteiger partial charge < -0.3 is 75.1 Å². The summed E-state index contributed by atoms with van der Waals surface area (Å²) >= 11 is 3.38. The van der Waals surface area contributed by atoms with Crippen LogP contribution < -0.4 is 27.0 Å². The lowest BCUT2D eigenvalue weighted by atomic mass is 10.0. The predicted molar refractivity (Wildman–Crippen MR) is 221 cm³/mol. The summed E-state index contributed by atoms with van der Waals surface area (Å²) in [7, 11) is 0. The molecule has 0 aromatic rings. The lowest BCUT2D eigenvalue weighted by Gasteiger charge is -2.17. The molecule has 22 nitrogen and oxygen atoms in total. The number of hydrogen-bond donors (Lipinski definition) is 7. The average molecular weight is 897 g/mol. The topological polar surface area (TPSA) is 305 Å². The normalized spacial score (nSPS) is 24.9. The molecule has 0 spiro atoms. The largest absolute Gasteiger partial charge is 0.481 e. The van der Waals surface area contributed by atoms with Crippen LogP contribution in [0.3, 0.4) is 0 Å². The first-order valence-electron chi connectivity index (χ1n) is 20.5. The number of urea groups is 2. The number of amides is 4. The van der Waals surface area contributed by atoms with Crippen molar-refractivity contribution >= 4 is 47.5 Å². The summed E-state index contributed by atoms with van der Waals surface area (Å²) in [5.74, 6) is -1.56. The number of unbranched alkanes of at least 4 members (excludes halogenated alkanes) is 2. The Balaban J connectivity index is 0.000000321. The summed E-state index contributed by atoms with van der Waals surface area (Å²) in [6.07, 6.45) is 4.93.